The van der Waals surface area contributed by atoms with Crippen molar-refractivity contribution >= 4 is 21.5 Å². The number of benzene rings is 3. The SMILES string of the molecule is CCC(COS(C)(=O)=O)n1ncn(-c2ccc(N3CCN(c4ccc(OCC5COC(Cn6cncn6)(c6ccc(F)cc6F)O5)cc4)CC3)cc2)c1=O. The lowest BCUT2D eigenvalue weighted by atomic mass is 10.0. The first-order valence-corrected chi connectivity index (χ1v) is 19.3. The van der Waals surface area contributed by atoms with E-state index < -0.39 is 39.7 Å². The number of anilines is 2. The Kier molecular flexibility index (Phi) is 10.8. The van der Waals surface area contributed by atoms with Gasteiger partial charge in [0.15, 0.2) is 0 Å². The molecule has 3 atom stereocenters. The third kappa shape index (κ3) is 8.30. The summed E-state index contributed by atoms with van der Waals surface area (Å²) in [6.45, 7) is 5.13. The minimum atomic E-state index is -3.64. The van der Waals surface area contributed by atoms with Crippen LogP contribution in [0.2, 0.25) is 0 Å². The van der Waals surface area contributed by atoms with Gasteiger partial charge in [0.05, 0.1) is 31.2 Å². The second-order valence-electron chi connectivity index (χ2n) is 13.1. The molecular weight excluding hydrogens is 727 g/mol. The third-order valence-electron chi connectivity index (χ3n) is 9.43. The average Bonchev–Trinajstić information content (AvgIpc) is 3.92. The molecule has 0 radical (unpaired) electrons. The molecule has 0 bridgehead atoms. The number of rotatable bonds is 14. The lowest BCUT2D eigenvalue weighted by Gasteiger charge is -2.37. The van der Waals surface area contributed by atoms with Crippen molar-refractivity contribution in [2.45, 2.75) is 37.8 Å². The Bertz CT molecular complexity index is 2190. The molecule has 18 heteroatoms. The Morgan fingerprint density at radius 1 is 0.926 bits per heavy atom. The zero-order chi connectivity index (χ0) is 37.9. The molecule has 4 heterocycles. The van der Waals surface area contributed by atoms with E-state index in [9.17, 15) is 22.0 Å². The molecule has 0 spiro atoms. The topological polar surface area (TPSA) is 148 Å². The van der Waals surface area contributed by atoms with Gasteiger partial charge in [0.1, 0.15) is 55.6 Å². The molecule has 286 valence electrons. The van der Waals surface area contributed by atoms with E-state index in [1.807, 2.05) is 55.5 Å². The Hall–Kier alpha value is -5.17. The molecule has 3 unspecified atom stereocenters. The molecule has 2 saturated heterocycles. The molecule has 0 saturated carbocycles. The number of piperazine rings is 1. The molecule has 0 N–H and O–H groups in total. The van der Waals surface area contributed by atoms with E-state index in [-0.39, 0.29) is 37.6 Å². The van der Waals surface area contributed by atoms with Crippen LogP contribution in [0.25, 0.3) is 5.69 Å². The number of hydrogen-bond acceptors (Lipinski definition) is 12. The molecule has 2 aliphatic rings. The van der Waals surface area contributed by atoms with Gasteiger partial charge in [-0.05, 0) is 67.1 Å². The van der Waals surface area contributed by atoms with Crippen LogP contribution >= 0.6 is 0 Å². The van der Waals surface area contributed by atoms with Crippen molar-refractivity contribution < 1.29 is 35.6 Å². The van der Waals surface area contributed by atoms with E-state index in [1.54, 1.807) is 0 Å². The van der Waals surface area contributed by atoms with Gasteiger partial charge < -0.3 is 24.0 Å². The minimum absolute atomic E-state index is 0.0148. The Morgan fingerprint density at radius 3 is 2.20 bits per heavy atom. The zero-order valence-electron chi connectivity index (χ0n) is 29.7. The summed E-state index contributed by atoms with van der Waals surface area (Å²) in [6, 6.07) is 18.2. The fraction of sp³-hybridized carbons (Fsp3) is 0.389. The van der Waals surface area contributed by atoms with E-state index in [1.165, 1.54) is 39.0 Å². The van der Waals surface area contributed by atoms with Crippen LogP contribution in [0, 0.1) is 11.6 Å². The third-order valence-corrected chi connectivity index (χ3v) is 10.00. The van der Waals surface area contributed by atoms with Crippen LogP contribution in [0.15, 0.2) is 90.5 Å². The van der Waals surface area contributed by atoms with Crippen LogP contribution in [-0.4, -0.2) is 95.9 Å². The smallest absolute Gasteiger partial charge is 0.350 e. The van der Waals surface area contributed by atoms with E-state index in [2.05, 4.69) is 25.0 Å². The van der Waals surface area contributed by atoms with Crippen LogP contribution in [0.3, 0.4) is 0 Å². The maximum absolute atomic E-state index is 14.9. The summed E-state index contributed by atoms with van der Waals surface area (Å²) in [5.74, 6) is -2.38. The Balaban J connectivity index is 0.914. The summed E-state index contributed by atoms with van der Waals surface area (Å²) in [5, 5.41) is 8.31. The summed E-state index contributed by atoms with van der Waals surface area (Å²) in [6.07, 6.45) is 5.17. The molecule has 2 aromatic heterocycles. The molecule has 5 aromatic rings. The summed E-state index contributed by atoms with van der Waals surface area (Å²) < 4.78 is 78.8. The van der Waals surface area contributed by atoms with Crippen LogP contribution in [-0.2, 0) is 36.1 Å². The predicted octanol–water partition coefficient (Wildman–Crippen LogP) is 3.51. The van der Waals surface area contributed by atoms with Crippen molar-refractivity contribution in [1.82, 2.24) is 29.1 Å². The number of nitrogens with zero attached hydrogens (tertiary/aromatic N) is 8. The number of ether oxygens (including phenoxy) is 3. The molecule has 2 aliphatic heterocycles. The average molecular weight is 767 g/mol. The normalized spacial score (nSPS) is 19.7. The van der Waals surface area contributed by atoms with Gasteiger partial charge in [0.25, 0.3) is 10.1 Å². The standard InChI is InChI=1S/C36H40F2N8O7S/c1-3-27(19-52-54(2,48)49)46-35(47)45(25-41-46)30-7-5-28(6-8-30)42-14-16-43(17-15-42)29-9-11-31(12-10-29)50-20-32-21-51-36(53-32,22-44-24-39-23-40-44)33-13-4-26(37)18-34(33)38/h4-13,18,23-25,27,32H,3,14-17,19-22H2,1-2H3. The second kappa shape index (κ2) is 15.7. The van der Waals surface area contributed by atoms with Crippen molar-refractivity contribution in [2.75, 3.05) is 62.1 Å². The van der Waals surface area contributed by atoms with Crippen LogP contribution < -0.4 is 20.2 Å². The number of halogens is 2. The van der Waals surface area contributed by atoms with E-state index in [4.69, 9.17) is 18.4 Å². The number of aromatic nitrogens is 6. The fourth-order valence-corrected chi connectivity index (χ4v) is 6.98. The van der Waals surface area contributed by atoms with Crippen molar-refractivity contribution in [3.05, 3.63) is 113 Å². The van der Waals surface area contributed by atoms with Crippen LogP contribution in [0.1, 0.15) is 24.9 Å². The molecule has 7 rings (SSSR count). The van der Waals surface area contributed by atoms with Crippen molar-refractivity contribution in [2.24, 2.45) is 0 Å². The first kappa shape index (κ1) is 37.2. The van der Waals surface area contributed by atoms with E-state index >= 15 is 0 Å². The summed E-state index contributed by atoms with van der Waals surface area (Å²) in [5.41, 5.74) is 2.42. The van der Waals surface area contributed by atoms with Crippen LogP contribution in [0.4, 0.5) is 20.2 Å². The van der Waals surface area contributed by atoms with Crippen molar-refractivity contribution in [3.8, 4) is 11.4 Å². The lowest BCUT2D eigenvalue weighted by Crippen LogP contribution is -2.46. The van der Waals surface area contributed by atoms with Crippen LogP contribution in [0.5, 0.6) is 5.75 Å². The maximum Gasteiger partial charge on any atom is 0.350 e. The Morgan fingerprint density at radius 2 is 1.59 bits per heavy atom. The highest BCUT2D eigenvalue weighted by atomic mass is 32.2. The van der Waals surface area contributed by atoms with Gasteiger partial charge in [-0.1, -0.05) is 6.92 Å². The molecule has 0 amide bonds. The molecule has 0 aliphatic carbocycles. The molecule has 2 fully saturated rings. The molecule has 15 nitrogen and oxygen atoms in total. The van der Waals surface area contributed by atoms with Gasteiger partial charge in [-0.3, -0.25) is 4.18 Å². The first-order valence-electron chi connectivity index (χ1n) is 17.4. The molecule has 3 aromatic carbocycles. The van der Waals surface area contributed by atoms with E-state index in [0.29, 0.717) is 17.9 Å². The van der Waals surface area contributed by atoms with Gasteiger partial charge in [0, 0.05) is 49.2 Å². The first-order chi connectivity index (χ1) is 26.0. The highest BCUT2D eigenvalue weighted by Crippen LogP contribution is 2.38. The largest absolute Gasteiger partial charge is 0.491 e. The van der Waals surface area contributed by atoms with Crippen molar-refractivity contribution in [3.63, 3.8) is 0 Å². The van der Waals surface area contributed by atoms with Gasteiger partial charge >= 0.3 is 5.69 Å². The van der Waals surface area contributed by atoms with Gasteiger partial charge in [-0.2, -0.15) is 18.6 Å². The highest BCUT2D eigenvalue weighted by molar-refractivity contribution is 7.85. The zero-order valence-corrected chi connectivity index (χ0v) is 30.5. The van der Waals surface area contributed by atoms with E-state index in [0.717, 1.165) is 55.9 Å². The molecular formula is C36H40F2N8O7S. The Labute approximate surface area is 310 Å². The summed E-state index contributed by atoms with van der Waals surface area (Å²) >= 11 is 0. The second-order valence-corrected chi connectivity index (χ2v) is 14.7. The van der Waals surface area contributed by atoms with Gasteiger partial charge in [-0.25, -0.2) is 32.5 Å². The van der Waals surface area contributed by atoms with Gasteiger partial charge in [-0.15, -0.1) is 0 Å². The van der Waals surface area contributed by atoms with Crippen molar-refractivity contribution in [1.29, 1.82) is 0 Å². The summed E-state index contributed by atoms with van der Waals surface area (Å²) in [4.78, 5) is 21.6. The number of hydrogen-bond donors (Lipinski definition) is 0. The summed E-state index contributed by atoms with van der Waals surface area (Å²) in [7, 11) is -3.64. The predicted molar refractivity (Wildman–Crippen MR) is 193 cm³/mol. The quantitative estimate of drug-likeness (QED) is 0.152. The monoisotopic (exact) mass is 766 g/mol. The fourth-order valence-electron chi connectivity index (χ4n) is 6.58. The maximum atomic E-state index is 14.9. The minimum Gasteiger partial charge on any atom is -0.491 e. The lowest BCUT2D eigenvalue weighted by molar-refractivity contribution is -0.192. The van der Waals surface area contributed by atoms with Gasteiger partial charge in [0.2, 0.25) is 5.79 Å². The molecule has 54 heavy (non-hydrogen) atoms. The highest BCUT2D eigenvalue weighted by Gasteiger charge is 2.46.